The first-order chi connectivity index (χ1) is 17.4. The number of nitrogens with zero attached hydrogens (tertiary/aromatic N) is 2. The van der Waals surface area contributed by atoms with Gasteiger partial charge in [-0.05, 0) is 61.9 Å². The fourth-order valence-electron chi connectivity index (χ4n) is 4.86. The molecule has 4 heteroatoms. The Morgan fingerprint density at radius 3 is 1.94 bits per heavy atom. The molecule has 4 aromatic rings. The van der Waals surface area contributed by atoms with Crippen LogP contribution in [-0.2, 0) is 10.2 Å². The standard InChI is InChI=1S/C32H28ClN2O/c1-32(2)28-15-9-10-16-29(28)34(30(32)22-19-24-17-20-25(33)21-18-24)23-31(36)35(26-11-5-3-6-12-26)27-13-7-4-8-14-27/h3-22H,23H2,1-2H3/q+1. The Labute approximate surface area is 217 Å². The summed E-state index contributed by atoms with van der Waals surface area (Å²) < 4.78 is 2.16. The van der Waals surface area contributed by atoms with E-state index in [-0.39, 0.29) is 17.9 Å². The van der Waals surface area contributed by atoms with Crippen molar-refractivity contribution < 1.29 is 9.37 Å². The van der Waals surface area contributed by atoms with Crippen LogP contribution in [0.15, 0.2) is 115 Å². The van der Waals surface area contributed by atoms with Crippen LogP contribution < -0.4 is 4.90 Å². The van der Waals surface area contributed by atoms with Crippen molar-refractivity contribution in [1.29, 1.82) is 0 Å². The van der Waals surface area contributed by atoms with Gasteiger partial charge in [0.1, 0.15) is 0 Å². The van der Waals surface area contributed by atoms with Crippen LogP contribution in [0.25, 0.3) is 6.08 Å². The van der Waals surface area contributed by atoms with E-state index in [4.69, 9.17) is 11.6 Å². The summed E-state index contributed by atoms with van der Waals surface area (Å²) in [6, 6.07) is 35.8. The van der Waals surface area contributed by atoms with Crippen molar-refractivity contribution in [1.82, 2.24) is 0 Å². The molecule has 1 heterocycles. The van der Waals surface area contributed by atoms with Crippen LogP contribution in [-0.4, -0.2) is 22.7 Å². The average Bonchev–Trinajstić information content (AvgIpc) is 3.11. The van der Waals surface area contributed by atoms with Crippen molar-refractivity contribution in [2.75, 3.05) is 11.4 Å². The third-order valence-corrected chi connectivity index (χ3v) is 6.93. The van der Waals surface area contributed by atoms with Gasteiger partial charge in [0.2, 0.25) is 12.2 Å². The zero-order chi connectivity index (χ0) is 25.1. The van der Waals surface area contributed by atoms with Crippen molar-refractivity contribution >= 4 is 46.4 Å². The second-order valence-electron chi connectivity index (χ2n) is 9.40. The number of carbonyl (C=O) groups is 1. The lowest BCUT2D eigenvalue weighted by Gasteiger charge is -2.22. The minimum atomic E-state index is -0.260. The van der Waals surface area contributed by atoms with E-state index in [1.165, 1.54) is 5.56 Å². The van der Waals surface area contributed by atoms with E-state index in [2.05, 4.69) is 48.8 Å². The summed E-state index contributed by atoms with van der Waals surface area (Å²) >= 11 is 6.08. The van der Waals surface area contributed by atoms with Gasteiger partial charge in [0.25, 0.3) is 5.91 Å². The van der Waals surface area contributed by atoms with Crippen molar-refractivity contribution in [3.8, 4) is 0 Å². The third kappa shape index (κ3) is 4.62. The number of carbonyl (C=O) groups excluding carboxylic acids is 1. The van der Waals surface area contributed by atoms with E-state index in [1.807, 2.05) is 91.0 Å². The van der Waals surface area contributed by atoms with Gasteiger partial charge in [-0.2, -0.15) is 4.58 Å². The molecule has 0 fully saturated rings. The molecule has 0 saturated heterocycles. The molecule has 0 atom stereocenters. The molecule has 0 unspecified atom stereocenters. The zero-order valence-electron chi connectivity index (χ0n) is 20.4. The molecule has 4 aromatic carbocycles. The summed E-state index contributed by atoms with van der Waals surface area (Å²) in [5.41, 5.74) is 5.84. The van der Waals surface area contributed by atoms with Gasteiger partial charge in [0.15, 0.2) is 5.71 Å². The highest BCUT2D eigenvalue weighted by molar-refractivity contribution is 6.30. The molecule has 5 rings (SSSR count). The normalized spacial score (nSPS) is 14.2. The van der Waals surface area contributed by atoms with E-state index in [0.29, 0.717) is 5.02 Å². The molecule has 0 spiro atoms. The number of hydrogen-bond acceptors (Lipinski definition) is 1. The second kappa shape index (κ2) is 9.96. The molecule has 0 radical (unpaired) electrons. The molecule has 1 aliphatic rings. The molecular formula is C32H28ClN2O+. The second-order valence-corrected chi connectivity index (χ2v) is 9.84. The number of amides is 1. The number of anilines is 2. The quantitative estimate of drug-likeness (QED) is 0.252. The summed E-state index contributed by atoms with van der Waals surface area (Å²) in [4.78, 5) is 15.8. The van der Waals surface area contributed by atoms with Gasteiger partial charge in [-0.1, -0.05) is 78.3 Å². The number of para-hydroxylation sites is 3. The van der Waals surface area contributed by atoms with E-state index < -0.39 is 0 Å². The Kier molecular flexibility index (Phi) is 6.58. The largest absolute Gasteiger partial charge is 0.297 e. The molecule has 0 aromatic heterocycles. The van der Waals surface area contributed by atoms with E-state index in [9.17, 15) is 4.79 Å². The highest BCUT2D eigenvalue weighted by Gasteiger charge is 2.45. The molecule has 1 aliphatic heterocycles. The van der Waals surface area contributed by atoms with Crippen LogP contribution in [0, 0.1) is 0 Å². The van der Waals surface area contributed by atoms with Crippen LogP contribution in [0.1, 0.15) is 25.0 Å². The molecule has 0 bridgehead atoms. The van der Waals surface area contributed by atoms with Crippen molar-refractivity contribution in [2.24, 2.45) is 0 Å². The minimum absolute atomic E-state index is 0.00250. The van der Waals surface area contributed by atoms with Gasteiger partial charge in [0, 0.05) is 34.1 Å². The fourth-order valence-corrected chi connectivity index (χ4v) is 4.98. The number of hydrogen-bond donors (Lipinski definition) is 0. The highest BCUT2D eigenvalue weighted by atomic mass is 35.5. The SMILES string of the molecule is CC1(C)C(C=Cc2ccc(Cl)cc2)=[N+](CC(=O)N(c2ccccc2)c2ccccc2)c2ccccc21. The Balaban J connectivity index is 1.58. The van der Waals surface area contributed by atoms with Crippen LogP contribution in [0.3, 0.4) is 0 Å². The summed E-state index contributed by atoms with van der Waals surface area (Å²) in [6.45, 7) is 4.64. The Morgan fingerprint density at radius 1 is 0.778 bits per heavy atom. The molecule has 3 nitrogen and oxygen atoms in total. The maximum Gasteiger partial charge on any atom is 0.297 e. The molecule has 178 valence electrons. The maximum atomic E-state index is 14.0. The molecule has 0 saturated carbocycles. The predicted molar refractivity (Wildman–Crippen MR) is 150 cm³/mol. The van der Waals surface area contributed by atoms with Crippen LogP contribution in [0.2, 0.25) is 5.02 Å². The summed E-state index contributed by atoms with van der Waals surface area (Å²) in [5.74, 6) is -0.00250. The average molecular weight is 492 g/mol. The van der Waals surface area contributed by atoms with Crippen molar-refractivity contribution in [3.63, 3.8) is 0 Å². The first-order valence-electron chi connectivity index (χ1n) is 12.1. The van der Waals surface area contributed by atoms with E-state index in [0.717, 1.165) is 28.3 Å². The van der Waals surface area contributed by atoms with Crippen LogP contribution >= 0.6 is 11.6 Å². The summed E-state index contributed by atoms with van der Waals surface area (Å²) in [6.07, 6.45) is 4.22. The molecule has 0 aliphatic carbocycles. The molecule has 1 amide bonds. The van der Waals surface area contributed by atoms with Crippen LogP contribution in [0.5, 0.6) is 0 Å². The Hall–Kier alpha value is -3.95. The van der Waals surface area contributed by atoms with Gasteiger partial charge in [-0.25, -0.2) is 0 Å². The molecular weight excluding hydrogens is 464 g/mol. The first kappa shape index (κ1) is 23.8. The Bertz CT molecular complexity index is 1400. The monoisotopic (exact) mass is 491 g/mol. The molecule has 0 N–H and O–H groups in total. The number of allylic oxidation sites excluding steroid dienone is 1. The van der Waals surface area contributed by atoms with Gasteiger partial charge < -0.3 is 0 Å². The van der Waals surface area contributed by atoms with Gasteiger partial charge in [0.05, 0.1) is 5.41 Å². The topological polar surface area (TPSA) is 23.3 Å². The summed E-state index contributed by atoms with van der Waals surface area (Å²) in [7, 11) is 0. The lowest BCUT2D eigenvalue weighted by atomic mass is 9.81. The Morgan fingerprint density at radius 2 is 1.33 bits per heavy atom. The lowest BCUT2D eigenvalue weighted by Crippen LogP contribution is -2.35. The van der Waals surface area contributed by atoms with E-state index >= 15 is 0 Å². The van der Waals surface area contributed by atoms with Gasteiger partial charge in [-0.3, -0.25) is 9.69 Å². The zero-order valence-corrected chi connectivity index (χ0v) is 21.2. The fraction of sp³-hybridized carbons (Fsp3) is 0.125. The van der Waals surface area contributed by atoms with Gasteiger partial charge in [-0.15, -0.1) is 0 Å². The third-order valence-electron chi connectivity index (χ3n) is 6.67. The summed E-state index contributed by atoms with van der Waals surface area (Å²) in [5, 5.41) is 0.711. The predicted octanol–water partition coefficient (Wildman–Crippen LogP) is 7.79. The maximum absolute atomic E-state index is 14.0. The van der Waals surface area contributed by atoms with Crippen molar-refractivity contribution in [2.45, 2.75) is 19.3 Å². The smallest absolute Gasteiger partial charge is 0.276 e. The molecule has 36 heavy (non-hydrogen) atoms. The first-order valence-corrected chi connectivity index (χ1v) is 12.4. The number of halogens is 1. The van der Waals surface area contributed by atoms with E-state index in [1.54, 1.807) is 4.90 Å². The van der Waals surface area contributed by atoms with Crippen molar-refractivity contribution in [3.05, 3.63) is 131 Å². The number of rotatable bonds is 6. The highest BCUT2D eigenvalue weighted by Crippen LogP contribution is 2.40. The lowest BCUT2D eigenvalue weighted by molar-refractivity contribution is -0.424. The number of fused-ring (bicyclic) bond motifs is 1. The number of benzene rings is 4. The van der Waals surface area contributed by atoms with Gasteiger partial charge >= 0.3 is 0 Å². The minimum Gasteiger partial charge on any atom is -0.276 e. The van der Waals surface area contributed by atoms with Crippen LogP contribution in [0.4, 0.5) is 17.1 Å².